The molecule has 1 saturated heterocycles. The molecule has 1 atom stereocenters. The highest BCUT2D eigenvalue weighted by Gasteiger charge is 2.34. The van der Waals surface area contributed by atoms with Crippen LogP contribution >= 0.6 is 0 Å². The molecule has 1 unspecified atom stereocenters. The summed E-state index contributed by atoms with van der Waals surface area (Å²) >= 11 is 0. The first-order chi connectivity index (χ1) is 15.4. The van der Waals surface area contributed by atoms with Gasteiger partial charge in [-0.3, -0.25) is 9.30 Å². The summed E-state index contributed by atoms with van der Waals surface area (Å²) in [5.74, 6) is 1.42. The van der Waals surface area contributed by atoms with Crippen molar-refractivity contribution in [1.29, 1.82) is 0 Å². The molecular weight excluding hydrogens is 407 g/mol. The minimum absolute atomic E-state index is 0.0535. The molecule has 1 fully saturated rings. The van der Waals surface area contributed by atoms with Crippen LogP contribution in [0, 0.1) is 0 Å². The number of hydrogen-bond donors (Lipinski definition) is 1. The average molecular weight is 435 g/mol. The number of likely N-dealkylation sites (tertiary alicyclic amines) is 1. The Balaban J connectivity index is 1.49. The standard InChI is InChI=1S/C24H27FN6O/c1-16(2)32-20-5-3-4-18-7-8-19(27-22(18)20)23-29-28-21-9-6-17(13-31(21)23)12-30-11-10-24(26,14-25)15-30/h3-9,13,16H,10-12,14-15,26H2,1-2H3. The number of fused-ring (bicyclic) bond motifs is 2. The van der Waals surface area contributed by atoms with E-state index in [0.29, 0.717) is 25.3 Å². The number of pyridine rings is 2. The Morgan fingerprint density at radius 1 is 1.16 bits per heavy atom. The largest absolute Gasteiger partial charge is 0.489 e. The van der Waals surface area contributed by atoms with Crippen LogP contribution < -0.4 is 10.5 Å². The Morgan fingerprint density at radius 2 is 2.03 bits per heavy atom. The number of nitrogens with zero attached hydrogens (tertiary/aromatic N) is 5. The SMILES string of the molecule is CC(C)Oc1cccc2ccc(-c3nnc4ccc(CN5CCC(N)(CF)C5)cn34)nc12. The van der Waals surface area contributed by atoms with Gasteiger partial charge in [-0.05, 0) is 44.0 Å². The fourth-order valence-electron chi connectivity index (χ4n) is 4.28. The van der Waals surface area contributed by atoms with Gasteiger partial charge in [0.05, 0.1) is 11.6 Å². The van der Waals surface area contributed by atoms with E-state index < -0.39 is 12.2 Å². The summed E-state index contributed by atoms with van der Waals surface area (Å²) in [6, 6.07) is 13.9. The molecule has 1 aromatic carbocycles. The van der Waals surface area contributed by atoms with Crippen LogP contribution in [0.15, 0.2) is 48.7 Å². The first-order valence-corrected chi connectivity index (χ1v) is 10.9. The minimum Gasteiger partial charge on any atom is -0.489 e. The summed E-state index contributed by atoms with van der Waals surface area (Å²) in [7, 11) is 0. The van der Waals surface area contributed by atoms with Gasteiger partial charge in [0.25, 0.3) is 0 Å². The first kappa shape index (κ1) is 20.8. The summed E-state index contributed by atoms with van der Waals surface area (Å²) in [6.45, 7) is 5.55. The van der Waals surface area contributed by atoms with Gasteiger partial charge in [0.2, 0.25) is 0 Å². The third-order valence-corrected chi connectivity index (χ3v) is 5.88. The van der Waals surface area contributed by atoms with E-state index in [1.54, 1.807) is 0 Å². The van der Waals surface area contributed by atoms with Crippen molar-refractivity contribution in [1.82, 2.24) is 24.5 Å². The van der Waals surface area contributed by atoms with E-state index in [2.05, 4.69) is 15.1 Å². The Labute approximate surface area is 186 Å². The van der Waals surface area contributed by atoms with Crippen molar-refractivity contribution >= 4 is 16.6 Å². The maximum Gasteiger partial charge on any atom is 0.187 e. The van der Waals surface area contributed by atoms with Crippen molar-refractivity contribution in [3.8, 4) is 17.3 Å². The molecule has 0 bridgehead atoms. The van der Waals surface area contributed by atoms with E-state index in [1.165, 1.54) is 0 Å². The molecule has 0 radical (unpaired) electrons. The molecule has 32 heavy (non-hydrogen) atoms. The van der Waals surface area contributed by atoms with Crippen LogP contribution in [0.1, 0.15) is 25.8 Å². The van der Waals surface area contributed by atoms with Crippen molar-refractivity contribution in [3.05, 3.63) is 54.2 Å². The van der Waals surface area contributed by atoms with Crippen LogP contribution in [0.25, 0.3) is 28.1 Å². The van der Waals surface area contributed by atoms with Crippen LogP contribution in [0.5, 0.6) is 5.75 Å². The van der Waals surface area contributed by atoms with E-state index in [4.69, 9.17) is 15.5 Å². The second-order valence-corrected chi connectivity index (χ2v) is 8.94. The topological polar surface area (TPSA) is 81.6 Å². The quantitative estimate of drug-likeness (QED) is 0.499. The highest BCUT2D eigenvalue weighted by molar-refractivity contribution is 5.86. The molecule has 0 aliphatic carbocycles. The molecule has 166 valence electrons. The molecule has 4 aromatic rings. The second-order valence-electron chi connectivity index (χ2n) is 8.94. The molecule has 0 saturated carbocycles. The van der Waals surface area contributed by atoms with E-state index in [9.17, 15) is 4.39 Å². The predicted molar refractivity (Wildman–Crippen MR) is 122 cm³/mol. The number of benzene rings is 1. The molecule has 1 aliphatic heterocycles. The smallest absolute Gasteiger partial charge is 0.187 e. The van der Waals surface area contributed by atoms with Crippen LogP contribution in [-0.4, -0.2) is 55.9 Å². The van der Waals surface area contributed by atoms with Crippen molar-refractivity contribution in [2.75, 3.05) is 19.8 Å². The zero-order valence-electron chi connectivity index (χ0n) is 18.3. The minimum atomic E-state index is -0.726. The number of nitrogens with two attached hydrogens (primary N) is 1. The Hall–Kier alpha value is -3.10. The molecule has 8 heteroatoms. The third kappa shape index (κ3) is 3.91. The molecule has 0 spiro atoms. The molecule has 2 N–H and O–H groups in total. The fraction of sp³-hybridized carbons (Fsp3) is 0.375. The Bertz CT molecular complexity index is 1270. The monoisotopic (exact) mass is 434 g/mol. The lowest BCUT2D eigenvalue weighted by atomic mass is 10.0. The number of rotatable bonds is 6. The van der Waals surface area contributed by atoms with Crippen molar-refractivity contribution < 1.29 is 9.13 Å². The first-order valence-electron chi connectivity index (χ1n) is 10.9. The summed E-state index contributed by atoms with van der Waals surface area (Å²) in [5, 5.41) is 9.72. The predicted octanol–water partition coefficient (Wildman–Crippen LogP) is 3.60. The van der Waals surface area contributed by atoms with Gasteiger partial charge in [-0.25, -0.2) is 9.37 Å². The molecular formula is C24H27FN6O. The van der Waals surface area contributed by atoms with Crippen molar-refractivity contribution in [2.45, 2.75) is 38.5 Å². The highest BCUT2D eigenvalue weighted by Crippen LogP contribution is 2.28. The lowest BCUT2D eigenvalue weighted by molar-refractivity contribution is 0.245. The van der Waals surface area contributed by atoms with E-state index in [0.717, 1.165) is 40.1 Å². The number of alkyl halides is 1. The third-order valence-electron chi connectivity index (χ3n) is 5.88. The van der Waals surface area contributed by atoms with Gasteiger partial charge < -0.3 is 10.5 Å². The number of aromatic nitrogens is 4. The molecule has 5 rings (SSSR count). The van der Waals surface area contributed by atoms with Gasteiger partial charge in [0, 0.05) is 31.2 Å². The van der Waals surface area contributed by atoms with Gasteiger partial charge in [-0.1, -0.05) is 24.3 Å². The number of ether oxygens (including phenoxy) is 1. The normalized spacial score (nSPS) is 19.4. The highest BCUT2D eigenvalue weighted by atomic mass is 19.1. The van der Waals surface area contributed by atoms with Crippen molar-refractivity contribution in [2.24, 2.45) is 5.73 Å². The maximum absolute atomic E-state index is 13.2. The van der Waals surface area contributed by atoms with Crippen LogP contribution in [0.4, 0.5) is 4.39 Å². The van der Waals surface area contributed by atoms with Gasteiger partial charge in [0.15, 0.2) is 11.5 Å². The van der Waals surface area contributed by atoms with Crippen LogP contribution in [0.2, 0.25) is 0 Å². The number of halogens is 1. The van der Waals surface area contributed by atoms with Crippen LogP contribution in [0.3, 0.4) is 0 Å². The van der Waals surface area contributed by atoms with Gasteiger partial charge in [-0.2, -0.15) is 0 Å². The van der Waals surface area contributed by atoms with Crippen LogP contribution in [-0.2, 0) is 6.54 Å². The molecule has 3 aromatic heterocycles. The lowest BCUT2D eigenvalue weighted by Gasteiger charge is -2.21. The number of hydrogen-bond acceptors (Lipinski definition) is 6. The Kier molecular flexibility index (Phi) is 5.27. The summed E-state index contributed by atoms with van der Waals surface area (Å²) in [4.78, 5) is 7.06. The molecule has 1 aliphatic rings. The van der Waals surface area contributed by atoms with Crippen molar-refractivity contribution in [3.63, 3.8) is 0 Å². The summed E-state index contributed by atoms with van der Waals surface area (Å²) in [6.07, 6.45) is 2.75. The van der Waals surface area contributed by atoms with Gasteiger partial charge in [-0.15, -0.1) is 10.2 Å². The maximum atomic E-state index is 13.2. The van der Waals surface area contributed by atoms with Gasteiger partial charge in [0.1, 0.15) is 23.6 Å². The fourth-order valence-corrected chi connectivity index (χ4v) is 4.28. The summed E-state index contributed by atoms with van der Waals surface area (Å²) in [5.41, 5.74) is 8.74. The average Bonchev–Trinajstić information content (AvgIpc) is 3.37. The number of para-hydroxylation sites is 1. The zero-order chi connectivity index (χ0) is 22.3. The molecule has 4 heterocycles. The zero-order valence-corrected chi connectivity index (χ0v) is 18.3. The summed E-state index contributed by atoms with van der Waals surface area (Å²) < 4.78 is 21.1. The lowest BCUT2D eigenvalue weighted by Crippen LogP contribution is -2.44. The molecule has 0 amide bonds. The molecule has 7 nitrogen and oxygen atoms in total. The van der Waals surface area contributed by atoms with E-state index >= 15 is 0 Å². The van der Waals surface area contributed by atoms with Gasteiger partial charge >= 0.3 is 0 Å². The van der Waals surface area contributed by atoms with E-state index in [1.807, 2.05) is 66.9 Å². The Morgan fingerprint density at radius 3 is 2.81 bits per heavy atom. The second kappa shape index (κ2) is 8.11. The van der Waals surface area contributed by atoms with E-state index in [-0.39, 0.29) is 6.10 Å².